The largest absolute Gasteiger partial charge is 0.490 e. The smallest absolute Gasteiger partial charge is 0.223 e. The number of rotatable bonds is 8. The zero-order valence-electron chi connectivity index (χ0n) is 16.1. The van der Waals surface area contributed by atoms with Gasteiger partial charge in [0.25, 0.3) is 0 Å². The van der Waals surface area contributed by atoms with Gasteiger partial charge in [-0.1, -0.05) is 11.6 Å². The molecule has 5 nitrogen and oxygen atoms in total. The zero-order valence-corrected chi connectivity index (χ0v) is 17.7. The maximum absolute atomic E-state index is 12.6. The van der Waals surface area contributed by atoms with Gasteiger partial charge < -0.3 is 14.4 Å². The van der Waals surface area contributed by atoms with Crippen molar-refractivity contribution < 1.29 is 19.1 Å². The van der Waals surface area contributed by atoms with Crippen LogP contribution in [0, 0.1) is 0 Å². The van der Waals surface area contributed by atoms with Gasteiger partial charge in [-0.3, -0.25) is 9.59 Å². The Morgan fingerprint density at radius 3 is 2.36 bits per heavy atom. The van der Waals surface area contributed by atoms with Gasteiger partial charge in [0, 0.05) is 25.9 Å². The lowest BCUT2D eigenvalue weighted by atomic mass is 9.98. The highest BCUT2D eigenvalue weighted by molar-refractivity contribution is 7.18. The maximum Gasteiger partial charge on any atom is 0.223 e. The lowest BCUT2D eigenvalue weighted by Gasteiger charge is -2.30. The van der Waals surface area contributed by atoms with Crippen LogP contribution in [0.5, 0.6) is 11.5 Å². The average molecular weight is 422 g/mol. The molecule has 0 saturated carbocycles. The first-order valence-corrected chi connectivity index (χ1v) is 10.7. The number of amides is 1. The molecule has 0 fully saturated rings. The fourth-order valence-corrected chi connectivity index (χ4v) is 4.29. The van der Waals surface area contributed by atoms with Gasteiger partial charge in [0.1, 0.15) is 0 Å². The summed E-state index contributed by atoms with van der Waals surface area (Å²) in [5.41, 5.74) is 2.25. The number of ether oxygens (including phenoxy) is 2. The van der Waals surface area contributed by atoms with Crippen LogP contribution in [0.3, 0.4) is 0 Å². The van der Waals surface area contributed by atoms with Gasteiger partial charge in [0.05, 0.1) is 22.4 Å². The number of carbonyl (C=O) groups excluding carboxylic acids is 2. The van der Waals surface area contributed by atoms with Gasteiger partial charge in [-0.05, 0) is 55.7 Å². The van der Waals surface area contributed by atoms with Crippen LogP contribution in [0.1, 0.15) is 47.5 Å². The van der Waals surface area contributed by atoms with Gasteiger partial charge in [-0.25, -0.2) is 0 Å². The van der Waals surface area contributed by atoms with Crippen molar-refractivity contribution in [2.24, 2.45) is 0 Å². The Hall–Kier alpha value is -2.05. The van der Waals surface area contributed by atoms with E-state index in [-0.39, 0.29) is 24.5 Å². The predicted molar refractivity (Wildman–Crippen MR) is 111 cm³/mol. The molecule has 0 bridgehead atoms. The third-order valence-corrected chi connectivity index (χ3v) is 5.92. The lowest BCUT2D eigenvalue weighted by molar-refractivity contribution is -0.132. The van der Waals surface area contributed by atoms with Crippen LogP contribution < -0.4 is 9.47 Å². The number of hydrogen-bond donors (Lipinski definition) is 0. The second-order valence-corrected chi connectivity index (χ2v) is 8.24. The third kappa shape index (κ3) is 4.86. The van der Waals surface area contributed by atoms with Gasteiger partial charge in [0.2, 0.25) is 5.91 Å². The first-order valence-electron chi connectivity index (χ1n) is 9.49. The SMILES string of the molecule is CCOc1cc2c(cc1OCC)CN(C(=O)CCC(=O)c1ccc(Cl)s1)CC2. The summed E-state index contributed by atoms with van der Waals surface area (Å²) in [7, 11) is 0. The summed E-state index contributed by atoms with van der Waals surface area (Å²) in [5, 5.41) is 0. The van der Waals surface area contributed by atoms with E-state index < -0.39 is 0 Å². The van der Waals surface area contributed by atoms with Crippen LogP contribution in [0.15, 0.2) is 24.3 Å². The zero-order chi connectivity index (χ0) is 20.1. The standard InChI is InChI=1S/C21H24ClNO4S/c1-3-26-17-11-14-9-10-23(13-15(14)12-18(17)27-4-2)21(25)8-5-16(24)19-6-7-20(22)28-19/h6-7,11-12H,3-5,8-10,13H2,1-2H3. The Bertz CT molecular complexity index is 864. The van der Waals surface area contributed by atoms with Crippen molar-refractivity contribution in [1.29, 1.82) is 0 Å². The van der Waals surface area contributed by atoms with E-state index in [0.29, 0.717) is 41.3 Å². The Labute approximate surface area is 174 Å². The molecule has 2 heterocycles. The monoisotopic (exact) mass is 421 g/mol. The van der Waals surface area contributed by atoms with Crippen LogP contribution in [0.25, 0.3) is 0 Å². The molecule has 1 aromatic carbocycles. The number of hydrogen-bond acceptors (Lipinski definition) is 5. The van der Waals surface area contributed by atoms with Crippen molar-refractivity contribution in [2.75, 3.05) is 19.8 Å². The molecular formula is C21H24ClNO4S. The molecule has 150 valence electrons. The summed E-state index contributed by atoms with van der Waals surface area (Å²) < 4.78 is 12.0. The molecule has 3 rings (SSSR count). The normalized spacial score (nSPS) is 13.2. The van der Waals surface area contributed by atoms with Crippen LogP contribution in [0.2, 0.25) is 4.34 Å². The molecule has 0 aliphatic carbocycles. The number of Topliss-reactive ketones (excluding diaryl/α,β-unsaturated/α-hetero) is 1. The number of nitrogens with zero attached hydrogens (tertiary/aromatic N) is 1. The molecule has 1 aliphatic heterocycles. The molecule has 0 atom stereocenters. The van der Waals surface area contributed by atoms with Crippen molar-refractivity contribution in [2.45, 2.75) is 39.7 Å². The van der Waals surface area contributed by atoms with E-state index in [4.69, 9.17) is 21.1 Å². The Kier molecular flexibility index (Phi) is 6.97. The van der Waals surface area contributed by atoms with E-state index in [1.165, 1.54) is 16.9 Å². The van der Waals surface area contributed by atoms with E-state index in [9.17, 15) is 9.59 Å². The lowest BCUT2D eigenvalue weighted by Crippen LogP contribution is -2.36. The first kappa shape index (κ1) is 20.7. The van der Waals surface area contributed by atoms with Crippen molar-refractivity contribution >= 4 is 34.6 Å². The minimum Gasteiger partial charge on any atom is -0.490 e. The highest BCUT2D eigenvalue weighted by Gasteiger charge is 2.23. The Morgan fingerprint density at radius 1 is 1.07 bits per heavy atom. The maximum atomic E-state index is 12.6. The second kappa shape index (κ2) is 9.43. The molecule has 28 heavy (non-hydrogen) atoms. The van der Waals surface area contributed by atoms with Crippen molar-refractivity contribution in [3.05, 3.63) is 44.6 Å². The molecule has 1 aliphatic rings. The highest BCUT2D eigenvalue weighted by Crippen LogP contribution is 2.34. The minimum atomic E-state index is -0.0392. The Morgan fingerprint density at radius 2 is 1.75 bits per heavy atom. The number of benzene rings is 1. The number of thiophene rings is 1. The van der Waals surface area contributed by atoms with Gasteiger partial charge in [0.15, 0.2) is 17.3 Å². The van der Waals surface area contributed by atoms with Gasteiger partial charge in [-0.15, -0.1) is 11.3 Å². The fraction of sp³-hybridized carbons (Fsp3) is 0.429. The second-order valence-electron chi connectivity index (χ2n) is 6.53. The van der Waals surface area contributed by atoms with Crippen molar-refractivity contribution in [3.63, 3.8) is 0 Å². The molecule has 1 aromatic heterocycles. The van der Waals surface area contributed by atoms with Gasteiger partial charge in [-0.2, -0.15) is 0 Å². The molecule has 0 saturated heterocycles. The number of fused-ring (bicyclic) bond motifs is 1. The average Bonchev–Trinajstić information content (AvgIpc) is 3.13. The molecule has 7 heteroatoms. The van der Waals surface area contributed by atoms with Gasteiger partial charge >= 0.3 is 0 Å². The fourth-order valence-electron chi connectivity index (χ4n) is 3.28. The Balaban J connectivity index is 1.64. The topological polar surface area (TPSA) is 55.8 Å². The summed E-state index contributed by atoms with van der Waals surface area (Å²) in [4.78, 5) is 27.2. The summed E-state index contributed by atoms with van der Waals surface area (Å²) in [6, 6.07) is 7.41. The molecule has 1 amide bonds. The van der Waals surface area contributed by atoms with E-state index >= 15 is 0 Å². The first-order chi connectivity index (χ1) is 13.5. The number of halogens is 1. The van der Waals surface area contributed by atoms with Crippen LogP contribution in [-0.2, 0) is 17.8 Å². The molecule has 0 spiro atoms. The highest BCUT2D eigenvalue weighted by atomic mass is 35.5. The van der Waals surface area contributed by atoms with E-state index in [1.54, 1.807) is 12.1 Å². The summed E-state index contributed by atoms with van der Waals surface area (Å²) in [5.74, 6) is 1.42. The van der Waals surface area contributed by atoms with Crippen LogP contribution >= 0.6 is 22.9 Å². The summed E-state index contributed by atoms with van der Waals surface area (Å²) >= 11 is 7.13. The third-order valence-electron chi connectivity index (χ3n) is 4.64. The van der Waals surface area contributed by atoms with Crippen molar-refractivity contribution in [3.8, 4) is 11.5 Å². The van der Waals surface area contributed by atoms with Crippen LogP contribution in [0.4, 0.5) is 0 Å². The predicted octanol–water partition coefficient (Wildman–Crippen LogP) is 4.75. The van der Waals surface area contributed by atoms with Crippen LogP contribution in [-0.4, -0.2) is 36.3 Å². The van der Waals surface area contributed by atoms with E-state index in [1.807, 2.05) is 30.9 Å². The quantitative estimate of drug-likeness (QED) is 0.577. The molecular weight excluding hydrogens is 398 g/mol. The minimum absolute atomic E-state index is 0.00602. The molecule has 2 aromatic rings. The number of ketones is 1. The van der Waals surface area contributed by atoms with E-state index in [0.717, 1.165) is 17.7 Å². The summed E-state index contributed by atoms with van der Waals surface area (Å²) in [6.45, 7) is 6.18. The molecule has 0 unspecified atom stereocenters. The van der Waals surface area contributed by atoms with E-state index in [2.05, 4.69) is 0 Å². The molecule has 0 N–H and O–H groups in total. The summed E-state index contributed by atoms with van der Waals surface area (Å²) in [6.07, 6.45) is 1.17. The van der Waals surface area contributed by atoms with Crippen molar-refractivity contribution in [1.82, 2.24) is 4.90 Å². The number of carbonyl (C=O) groups is 2. The molecule has 0 radical (unpaired) electrons.